The van der Waals surface area contributed by atoms with Crippen molar-refractivity contribution < 1.29 is 19.1 Å². The molecule has 102 valence electrons. The molecule has 2 aromatic rings. The first-order chi connectivity index (χ1) is 9.65. The molecule has 1 N–H and O–H groups in total. The Morgan fingerprint density at radius 1 is 1.15 bits per heavy atom. The topological polar surface area (TPSA) is 70.8 Å². The van der Waals surface area contributed by atoms with Gasteiger partial charge >= 0.3 is 5.97 Å². The Morgan fingerprint density at radius 2 is 2.00 bits per heavy atom. The van der Waals surface area contributed by atoms with Crippen LogP contribution in [-0.2, 0) is 13.0 Å². The molecule has 0 fully saturated rings. The van der Waals surface area contributed by atoms with Gasteiger partial charge in [-0.15, -0.1) is 0 Å². The smallest absolute Gasteiger partial charge is 0.335 e. The van der Waals surface area contributed by atoms with E-state index in [9.17, 15) is 9.59 Å². The van der Waals surface area contributed by atoms with Gasteiger partial charge in [0, 0.05) is 13.1 Å². The second kappa shape index (κ2) is 4.85. The first-order valence-electron chi connectivity index (χ1n) is 6.32. The molecule has 0 atom stereocenters. The minimum absolute atomic E-state index is 0.0925. The number of aromatic carboxylic acids is 1. The maximum absolute atomic E-state index is 12.2. The van der Waals surface area contributed by atoms with Gasteiger partial charge in [-0.25, -0.2) is 4.79 Å². The van der Waals surface area contributed by atoms with Crippen molar-refractivity contribution in [3.63, 3.8) is 0 Å². The lowest BCUT2D eigenvalue weighted by Crippen LogP contribution is -2.35. The summed E-state index contributed by atoms with van der Waals surface area (Å²) in [4.78, 5) is 24.9. The fourth-order valence-corrected chi connectivity index (χ4v) is 2.43. The number of carbonyl (C=O) groups excluding carboxylic acids is 1. The van der Waals surface area contributed by atoms with E-state index in [2.05, 4.69) is 0 Å². The Bertz CT molecular complexity index is 661. The van der Waals surface area contributed by atoms with Crippen LogP contribution >= 0.6 is 0 Å². The van der Waals surface area contributed by atoms with Crippen molar-refractivity contribution >= 4 is 11.9 Å². The van der Waals surface area contributed by atoms with Gasteiger partial charge in [-0.2, -0.15) is 0 Å². The molecule has 20 heavy (non-hydrogen) atoms. The Labute approximate surface area is 115 Å². The van der Waals surface area contributed by atoms with E-state index in [0.29, 0.717) is 18.7 Å². The Morgan fingerprint density at radius 3 is 2.70 bits per heavy atom. The summed E-state index contributed by atoms with van der Waals surface area (Å²) in [6.45, 7) is 1.06. The quantitative estimate of drug-likeness (QED) is 0.908. The number of carbonyl (C=O) groups is 2. The number of fused-ring (bicyclic) bond motifs is 1. The van der Waals surface area contributed by atoms with E-state index in [0.717, 1.165) is 17.5 Å². The Hall–Kier alpha value is -2.56. The standard InChI is InChI=1S/C15H13NO4/c17-14(12-4-6-20-9-12)16-5-3-10-1-2-11(15(18)19)7-13(10)8-16/h1-2,4,6-7,9H,3,5,8H2,(H,18,19). The third kappa shape index (κ3) is 2.18. The van der Waals surface area contributed by atoms with E-state index in [4.69, 9.17) is 9.52 Å². The van der Waals surface area contributed by atoms with Crippen LogP contribution in [0.4, 0.5) is 0 Å². The zero-order chi connectivity index (χ0) is 14.1. The summed E-state index contributed by atoms with van der Waals surface area (Å²) >= 11 is 0. The minimum Gasteiger partial charge on any atom is -0.478 e. The highest BCUT2D eigenvalue weighted by atomic mass is 16.4. The molecule has 1 aromatic carbocycles. The van der Waals surface area contributed by atoms with Gasteiger partial charge in [-0.3, -0.25) is 4.79 Å². The fraction of sp³-hybridized carbons (Fsp3) is 0.200. The largest absolute Gasteiger partial charge is 0.478 e. The highest BCUT2D eigenvalue weighted by Crippen LogP contribution is 2.22. The van der Waals surface area contributed by atoms with Gasteiger partial charge < -0.3 is 14.4 Å². The molecule has 1 aliphatic heterocycles. The summed E-state index contributed by atoms with van der Waals surface area (Å²) in [7, 11) is 0. The number of carboxylic acid groups (broad SMARTS) is 1. The van der Waals surface area contributed by atoms with Crippen LogP contribution in [0.5, 0.6) is 0 Å². The molecule has 0 radical (unpaired) electrons. The molecule has 1 aromatic heterocycles. The van der Waals surface area contributed by atoms with Gasteiger partial charge in [0.05, 0.1) is 17.4 Å². The summed E-state index contributed by atoms with van der Waals surface area (Å²) in [5.41, 5.74) is 2.77. The van der Waals surface area contributed by atoms with Gasteiger partial charge in [0.25, 0.3) is 5.91 Å². The van der Waals surface area contributed by atoms with Gasteiger partial charge in [-0.1, -0.05) is 6.07 Å². The van der Waals surface area contributed by atoms with Crippen molar-refractivity contribution in [3.8, 4) is 0 Å². The van der Waals surface area contributed by atoms with Crippen LogP contribution in [0.1, 0.15) is 31.8 Å². The van der Waals surface area contributed by atoms with Crippen molar-refractivity contribution in [2.75, 3.05) is 6.54 Å². The number of benzene rings is 1. The molecule has 2 heterocycles. The fourth-order valence-electron chi connectivity index (χ4n) is 2.43. The lowest BCUT2D eigenvalue weighted by molar-refractivity contribution is 0.0696. The second-order valence-corrected chi connectivity index (χ2v) is 4.78. The summed E-state index contributed by atoms with van der Waals surface area (Å²) in [6, 6.07) is 6.71. The third-order valence-corrected chi connectivity index (χ3v) is 3.52. The van der Waals surface area contributed by atoms with E-state index < -0.39 is 5.97 Å². The predicted molar refractivity (Wildman–Crippen MR) is 70.6 cm³/mol. The van der Waals surface area contributed by atoms with Crippen LogP contribution < -0.4 is 0 Å². The summed E-state index contributed by atoms with van der Waals surface area (Å²) < 4.78 is 4.92. The predicted octanol–water partition coefficient (Wildman–Crippen LogP) is 2.18. The first kappa shape index (κ1) is 12.5. The van der Waals surface area contributed by atoms with Gasteiger partial charge in [0.1, 0.15) is 6.26 Å². The molecule has 3 rings (SSSR count). The van der Waals surface area contributed by atoms with E-state index in [-0.39, 0.29) is 11.5 Å². The first-order valence-corrected chi connectivity index (χ1v) is 6.32. The van der Waals surface area contributed by atoms with Gasteiger partial charge in [-0.05, 0) is 35.7 Å². The second-order valence-electron chi connectivity index (χ2n) is 4.78. The number of hydrogen-bond donors (Lipinski definition) is 1. The molecule has 5 nitrogen and oxygen atoms in total. The average molecular weight is 271 g/mol. The molecule has 1 amide bonds. The van der Waals surface area contributed by atoms with Crippen LogP contribution in [0.25, 0.3) is 0 Å². The highest BCUT2D eigenvalue weighted by molar-refractivity contribution is 5.94. The maximum Gasteiger partial charge on any atom is 0.335 e. The molecule has 0 unspecified atom stereocenters. The molecule has 1 aliphatic rings. The number of rotatable bonds is 2. The average Bonchev–Trinajstić information content (AvgIpc) is 2.99. The number of carboxylic acids is 1. The molecule has 0 spiro atoms. The molecule has 0 saturated heterocycles. The van der Waals surface area contributed by atoms with Crippen LogP contribution in [-0.4, -0.2) is 28.4 Å². The third-order valence-electron chi connectivity index (χ3n) is 3.52. The van der Waals surface area contributed by atoms with Crippen LogP contribution in [0, 0.1) is 0 Å². The number of nitrogens with zero attached hydrogens (tertiary/aromatic N) is 1. The van der Waals surface area contributed by atoms with Crippen LogP contribution in [0.15, 0.2) is 41.2 Å². The normalized spacial score (nSPS) is 13.9. The van der Waals surface area contributed by atoms with E-state index >= 15 is 0 Å². The summed E-state index contributed by atoms with van der Waals surface area (Å²) in [5.74, 6) is -1.05. The van der Waals surface area contributed by atoms with Crippen molar-refractivity contribution in [2.24, 2.45) is 0 Å². The number of amides is 1. The molecule has 0 aliphatic carbocycles. The maximum atomic E-state index is 12.2. The zero-order valence-corrected chi connectivity index (χ0v) is 10.7. The van der Waals surface area contributed by atoms with Crippen molar-refractivity contribution in [3.05, 3.63) is 59.0 Å². The SMILES string of the molecule is O=C(O)c1ccc2c(c1)CN(C(=O)c1ccoc1)CC2. The van der Waals surface area contributed by atoms with Crippen molar-refractivity contribution in [1.29, 1.82) is 0 Å². The minimum atomic E-state index is -0.953. The zero-order valence-electron chi connectivity index (χ0n) is 10.7. The number of hydrogen-bond acceptors (Lipinski definition) is 3. The van der Waals surface area contributed by atoms with Gasteiger partial charge in [0.15, 0.2) is 0 Å². The lowest BCUT2D eigenvalue weighted by Gasteiger charge is -2.28. The molecular weight excluding hydrogens is 258 g/mol. The monoisotopic (exact) mass is 271 g/mol. The number of furan rings is 1. The molecule has 0 saturated carbocycles. The van der Waals surface area contributed by atoms with E-state index in [1.807, 2.05) is 6.07 Å². The highest BCUT2D eigenvalue weighted by Gasteiger charge is 2.23. The molecule has 0 bridgehead atoms. The van der Waals surface area contributed by atoms with Gasteiger partial charge in [0.2, 0.25) is 0 Å². The summed E-state index contributed by atoms with van der Waals surface area (Å²) in [5, 5.41) is 9.02. The van der Waals surface area contributed by atoms with E-state index in [1.54, 1.807) is 23.1 Å². The Balaban J connectivity index is 1.85. The lowest BCUT2D eigenvalue weighted by atomic mass is 9.97. The molecule has 5 heteroatoms. The van der Waals surface area contributed by atoms with Crippen LogP contribution in [0.2, 0.25) is 0 Å². The van der Waals surface area contributed by atoms with E-state index in [1.165, 1.54) is 12.5 Å². The Kier molecular flexibility index (Phi) is 3.02. The van der Waals surface area contributed by atoms with Crippen molar-refractivity contribution in [2.45, 2.75) is 13.0 Å². The van der Waals surface area contributed by atoms with Crippen molar-refractivity contribution in [1.82, 2.24) is 4.90 Å². The summed E-state index contributed by atoms with van der Waals surface area (Å²) in [6.07, 6.45) is 3.62. The van der Waals surface area contributed by atoms with Crippen LogP contribution in [0.3, 0.4) is 0 Å². The molecular formula is C15H13NO4.